The molecule has 4 aromatic rings. The SMILES string of the molecule is COC(=O)Cn1c(=NC(=O)Cc2ccc3ccccc3c2)sc2cc(S(C)(=O)=O)ccc21. The topological polar surface area (TPSA) is 94.8 Å². The van der Waals surface area contributed by atoms with Crippen LogP contribution >= 0.6 is 11.3 Å². The number of methoxy groups -OCH3 is 1. The van der Waals surface area contributed by atoms with Gasteiger partial charge in [0.05, 0.1) is 28.6 Å². The molecule has 0 atom stereocenters. The minimum Gasteiger partial charge on any atom is -0.468 e. The van der Waals surface area contributed by atoms with Crippen molar-refractivity contribution in [3.05, 3.63) is 71.0 Å². The van der Waals surface area contributed by atoms with Crippen molar-refractivity contribution < 1.29 is 22.7 Å². The molecule has 1 aromatic heterocycles. The van der Waals surface area contributed by atoms with Gasteiger partial charge in [0.2, 0.25) is 0 Å². The molecule has 0 unspecified atom stereocenters. The molecule has 0 bridgehead atoms. The maximum Gasteiger partial charge on any atom is 0.325 e. The summed E-state index contributed by atoms with van der Waals surface area (Å²) in [6.07, 6.45) is 1.23. The number of ether oxygens (including phenoxy) is 1. The van der Waals surface area contributed by atoms with E-state index in [9.17, 15) is 18.0 Å². The molecule has 0 radical (unpaired) electrons. The minimum absolute atomic E-state index is 0.103. The van der Waals surface area contributed by atoms with E-state index in [0.717, 1.165) is 33.9 Å². The van der Waals surface area contributed by atoms with Crippen molar-refractivity contribution in [1.29, 1.82) is 0 Å². The van der Waals surface area contributed by atoms with Crippen molar-refractivity contribution in [2.45, 2.75) is 17.9 Å². The van der Waals surface area contributed by atoms with Crippen LogP contribution in [0.2, 0.25) is 0 Å². The predicted octanol–water partition coefficient (Wildman–Crippen LogP) is 3.10. The first-order valence-corrected chi connectivity index (χ1v) is 12.4. The van der Waals surface area contributed by atoms with E-state index in [0.29, 0.717) is 15.0 Å². The maximum atomic E-state index is 12.7. The molecule has 0 fully saturated rings. The molecule has 0 aliphatic rings. The Kier molecular flexibility index (Phi) is 5.94. The minimum atomic E-state index is -3.40. The molecular weight excluding hydrogens is 448 g/mol. The van der Waals surface area contributed by atoms with E-state index in [1.165, 1.54) is 19.2 Å². The molecule has 3 aromatic carbocycles. The number of nitrogens with zero attached hydrogens (tertiary/aromatic N) is 2. The molecule has 0 spiro atoms. The average molecular weight is 469 g/mol. The molecule has 0 N–H and O–H groups in total. The van der Waals surface area contributed by atoms with Crippen molar-refractivity contribution in [2.24, 2.45) is 4.99 Å². The van der Waals surface area contributed by atoms with Gasteiger partial charge in [0.1, 0.15) is 6.54 Å². The van der Waals surface area contributed by atoms with Crippen LogP contribution in [0, 0.1) is 0 Å². The number of hydrogen-bond donors (Lipinski definition) is 0. The Morgan fingerprint density at radius 3 is 2.50 bits per heavy atom. The van der Waals surface area contributed by atoms with Crippen LogP contribution in [0.25, 0.3) is 21.0 Å². The Bertz CT molecular complexity index is 1530. The van der Waals surface area contributed by atoms with Gasteiger partial charge in [0.25, 0.3) is 5.91 Å². The summed E-state index contributed by atoms with van der Waals surface area (Å²) in [7, 11) is -2.12. The van der Waals surface area contributed by atoms with Gasteiger partial charge in [-0.15, -0.1) is 0 Å². The molecule has 1 heterocycles. The highest BCUT2D eigenvalue weighted by Crippen LogP contribution is 2.22. The van der Waals surface area contributed by atoms with Gasteiger partial charge in [-0.25, -0.2) is 8.42 Å². The lowest BCUT2D eigenvalue weighted by atomic mass is 10.1. The van der Waals surface area contributed by atoms with Crippen molar-refractivity contribution in [1.82, 2.24) is 4.57 Å². The fourth-order valence-corrected chi connectivity index (χ4v) is 5.19. The number of sulfone groups is 1. The number of carbonyl (C=O) groups is 2. The Hall–Kier alpha value is -3.30. The summed E-state index contributed by atoms with van der Waals surface area (Å²) in [5.41, 5.74) is 1.43. The molecule has 0 aliphatic carbocycles. The number of fused-ring (bicyclic) bond motifs is 2. The Morgan fingerprint density at radius 2 is 1.78 bits per heavy atom. The summed E-state index contributed by atoms with van der Waals surface area (Å²) < 4.78 is 30.8. The van der Waals surface area contributed by atoms with E-state index in [2.05, 4.69) is 4.99 Å². The van der Waals surface area contributed by atoms with Gasteiger partial charge in [0.15, 0.2) is 14.6 Å². The molecule has 4 rings (SSSR count). The lowest BCUT2D eigenvalue weighted by Gasteiger charge is -2.04. The molecule has 32 heavy (non-hydrogen) atoms. The first kappa shape index (κ1) is 21.9. The number of rotatable bonds is 5. The van der Waals surface area contributed by atoms with Gasteiger partial charge >= 0.3 is 5.97 Å². The van der Waals surface area contributed by atoms with Gasteiger partial charge in [-0.2, -0.15) is 4.99 Å². The highest BCUT2D eigenvalue weighted by Gasteiger charge is 2.15. The third-order valence-electron chi connectivity index (χ3n) is 4.99. The molecule has 0 aliphatic heterocycles. The summed E-state index contributed by atoms with van der Waals surface area (Å²) in [5.74, 6) is -0.867. The maximum absolute atomic E-state index is 12.7. The zero-order valence-corrected chi connectivity index (χ0v) is 19.1. The van der Waals surface area contributed by atoms with Crippen LogP contribution in [-0.2, 0) is 37.1 Å². The van der Waals surface area contributed by atoms with E-state index < -0.39 is 15.8 Å². The number of aromatic nitrogens is 1. The second-order valence-corrected chi connectivity index (χ2v) is 10.3. The van der Waals surface area contributed by atoms with E-state index >= 15 is 0 Å². The van der Waals surface area contributed by atoms with Crippen molar-refractivity contribution in [3.8, 4) is 0 Å². The van der Waals surface area contributed by atoms with Crippen LogP contribution in [0.1, 0.15) is 5.56 Å². The number of hydrogen-bond acceptors (Lipinski definition) is 6. The number of carbonyl (C=O) groups excluding carboxylic acids is 2. The first-order valence-electron chi connectivity index (χ1n) is 9.70. The Morgan fingerprint density at radius 1 is 1.03 bits per heavy atom. The van der Waals surface area contributed by atoms with Crippen LogP contribution < -0.4 is 4.80 Å². The highest BCUT2D eigenvalue weighted by molar-refractivity contribution is 7.90. The number of amides is 1. The van der Waals surface area contributed by atoms with Crippen LogP contribution in [0.3, 0.4) is 0 Å². The van der Waals surface area contributed by atoms with E-state index in [4.69, 9.17) is 4.74 Å². The van der Waals surface area contributed by atoms with Crippen LogP contribution in [-0.4, -0.2) is 38.2 Å². The van der Waals surface area contributed by atoms with Gasteiger partial charge in [-0.3, -0.25) is 9.59 Å². The molecular formula is C23H20N2O5S2. The van der Waals surface area contributed by atoms with Crippen LogP contribution in [0.4, 0.5) is 0 Å². The fourth-order valence-electron chi connectivity index (χ4n) is 3.39. The van der Waals surface area contributed by atoms with Gasteiger partial charge in [0, 0.05) is 6.26 Å². The van der Waals surface area contributed by atoms with Crippen molar-refractivity contribution >= 4 is 54.0 Å². The van der Waals surface area contributed by atoms with Crippen LogP contribution in [0.15, 0.2) is 70.6 Å². The molecule has 9 heteroatoms. The summed E-state index contributed by atoms with van der Waals surface area (Å²) >= 11 is 1.15. The molecule has 164 valence electrons. The first-order chi connectivity index (χ1) is 15.2. The monoisotopic (exact) mass is 468 g/mol. The van der Waals surface area contributed by atoms with Crippen molar-refractivity contribution in [2.75, 3.05) is 13.4 Å². The summed E-state index contributed by atoms with van der Waals surface area (Å²) in [6, 6.07) is 18.3. The summed E-state index contributed by atoms with van der Waals surface area (Å²) in [4.78, 5) is 29.4. The normalized spacial score (nSPS) is 12.4. The second kappa shape index (κ2) is 8.68. The zero-order valence-electron chi connectivity index (χ0n) is 17.4. The Labute approximate surface area is 188 Å². The van der Waals surface area contributed by atoms with E-state index in [1.54, 1.807) is 10.6 Å². The average Bonchev–Trinajstić information content (AvgIpc) is 3.08. The van der Waals surface area contributed by atoms with Crippen LogP contribution in [0.5, 0.6) is 0 Å². The lowest BCUT2D eigenvalue weighted by molar-refractivity contribution is -0.141. The second-order valence-electron chi connectivity index (χ2n) is 7.31. The number of thiazole rings is 1. The van der Waals surface area contributed by atoms with Gasteiger partial charge < -0.3 is 9.30 Å². The molecule has 7 nitrogen and oxygen atoms in total. The van der Waals surface area contributed by atoms with Gasteiger partial charge in [-0.05, 0) is 34.5 Å². The Balaban J connectivity index is 1.75. The molecule has 0 saturated carbocycles. The smallest absolute Gasteiger partial charge is 0.325 e. The standard InChI is InChI=1S/C23H20N2O5S2/c1-30-22(27)14-25-19-10-9-18(32(2,28)29)13-20(19)31-23(25)24-21(26)12-15-7-8-16-5-3-4-6-17(16)11-15/h3-11,13H,12,14H2,1-2H3. The van der Waals surface area contributed by atoms with E-state index in [1.807, 2.05) is 42.5 Å². The molecule has 1 amide bonds. The van der Waals surface area contributed by atoms with Gasteiger partial charge in [-0.1, -0.05) is 53.8 Å². The van der Waals surface area contributed by atoms with E-state index in [-0.39, 0.29) is 23.8 Å². The third kappa shape index (κ3) is 4.63. The quantitative estimate of drug-likeness (QED) is 0.420. The fraction of sp³-hybridized carbons (Fsp3) is 0.174. The third-order valence-corrected chi connectivity index (χ3v) is 7.14. The number of esters is 1. The summed E-state index contributed by atoms with van der Waals surface area (Å²) in [5, 5.41) is 2.12. The molecule has 0 saturated heterocycles. The highest BCUT2D eigenvalue weighted by atomic mass is 32.2. The zero-order chi connectivity index (χ0) is 22.9. The van der Waals surface area contributed by atoms with Crippen molar-refractivity contribution in [3.63, 3.8) is 0 Å². The number of benzene rings is 3. The predicted molar refractivity (Wildman–Crippen MR) is 123 cm³/mol. The summed E-state index contributed by atoms with van der Waals surface area (Å²) in [6.45, 7) is -0.142. The lowest BCUT2D eigenvalue weighted by Crippen LogP contribution is -2.22. The largest absolute Gasteiger partial charge is 0.468 e.